The van der Waals surface area contributed by atoms with Gasteiger partial charge in [0.25, 0.3) is 11.7 Å². The second-order valence-electron chi connectivity index (χ2n) is 9.76. The standard InChI is InChI=1S/C28H30N2O5/c1-28(2,3)20-16-17(9-14-21(20)34-6)25(31)23-24(22-8-7-15-35-22)30(27(33)26(23)32)19-12-10-18(11-13-19)29(4)5/h7-16,24,31H,1-6H3/b25-23-. The average molecular weight is 475 g/mol. The summed E-state index contributed by atoms with van der Waals surface area (Å²) in [5.41, 5.74) is 2.48. The summed E-state index contributed by atoms with van der Waals surface area (Å²) < 4.78 is 11.1. The Labute approximate surface area is 205 Å². The maximum atomic E-state index is 13.3. The number of amides is 1. The van der Waals surface area contributed by atoms with Crippen LogP contribution in [-0.4, -0.2) is 38.0 Å². The first kappa shape index (κ1) is 24.1. The van der Waals surface area contributed by atoms with E-state index in [0.29, 0.717) is 22.8 Å². The Morgan fingerprint density at radius 3 is 2.29 bits per heavy atom. The van der Waals surface area contributed by atoms with Gasteiger partial charge in [0.15, 0.2) is 0 Å². The molecule has 1 atom stereocenters. The summed E-state index contributed by atoms with van der Waals surface area (Å²) in [6.07, 6.45) is 1.48. The Hall–Kier alpha value is -4.00. The molecule has 0 spiro atoms. The number of rotatable bonds is 5. The highest BCUT2D eigenvalue weighted by molar-refractivity contribution is 6.51. The van der Waals surface area contributed by atoms with Crippen LogP contribution in [0.4, 0.5) is 11.4 Å². The number of hydrogen-bond acceptors (Lipinski definition) is 6. The fourth-order valence-corrected chi connectivity index (χ4v) is 4.32. The highest BCUT2D eigenvalue weighted by Crippen LogP contribution is 2.43. The van der Waals surface area contributed by atoms with Gasteiger partial charge in [0.1, 0.15) is 23.3 Å². The van der Waals surface area contributed by atoms with E-state index in [1.807, 2.05) is 51.9 Å². The SMILES string of the molecule is COc1ccc(/C(O)=C2/C(=O)C(=O)N(c3ccc(N(C)C)cc3)C2c2ccco2)cc1C(C)(C)C. The summed E-state index contributed by atoms with van der Waals surface area (Å²) in [6.45, 7) is 6.11. The number of carbonyl (C=O) groups is 2. The van der Waals surface area contributed by atoms with Gasteiger partial charge in [-0.05, 0) is 60.0 Å². The third kappa shape index (κ3) is 4.30. The minimum Gasteiger partial charge on any atom is -0.507 e. The van der Waals surface area contributed by atoms with E-state index in [4.69, 9.17) is 9.15 Å². The predicted molar refractivity (Wildman–Crippen MR) is 136 cm³/mol. The quantitative estimate of drug-likeness (QED) is 0.308. The average Bonchev–Trinajstić information content (AvgIpc) is 3.44. The molecule has 35 heavy (non-hydrogen) atoms. The van der Waals surface area contributed by atoms with Crippen LogP contribution in [0, 0.1) is 0 Å². The molecule has 3 aromatic rings. The van der Waals surface area contributed by atoms with Gasteiger partial charge in [-0.15, -0.1) is 0 Å². The Balaban J connectivity index is 1.89. The van der Waals surface area contributed by atoms with Gasteiger partial charge >= 0.3 is 0 Å². The van der Waals surface area contributed by atoms with Gasteiger partial charge in [-0.1, -0.05) is 20.8 Å². The number of methoxy groups -OCH3 is 1. The molecule has 7 nitrogen and oxygen atoms in total. The molecule has 1 N–H and O–H groups in total. The van der Waals surface area contributed by atoms with Crippen molar-refractivity contribution in [1.29, 1.82) is 0 Å². The molecular formula is C28H30N2O5. The van der Waals surface area contributed by atoms with E-state index in [9.17, 15) is 14.7 Å². The summed E-state index contributed by atoms with van der Waals surface area (Å²) in [5.74, 6) is -0.695. The monoisotopic (exact) mass is 474 g/mol. The number of aliphatic hydroxyl groups excluding tert-OH is 1. The molecule has 0 radical (unpaired) electrons. The van der Waals surface area contributed by atoms with E-state index < -0.39 is 17.7 Å². The first-order chi connectivity index (χ1) is 16.5. The normalized spacial score (nSPS) is 17.7. The fourth-order valence-electron chi connectivity index (χ4n) is 4.32. The molecule has 7 heteroatoms. The van der Waals surface area contributed by atoms with Crippen LogP contribution in [0.5, 0.6) is 5.75 Å². The molecule has 1 aliphatic rings. The van der Waals surface area contributed by atoms with Crippen molar-refractivity contribution in [3.8, 4) is 5.75 Å². The highest BCUT2D eigenvalue weighted by atomic mass is 16.5. The molecule has 1 saturated heterocycles. The second kappa shape index (κ2) is 8.98. The van der Waals surface area contributed by atoms with Gasteiger partial charge < -0.3 is 19.2 Å². The first-order valence-electron chi connectivity index (χ1n) is 11.3. The number of Topliss-reactive ketones (excluding diaryl/α,β-unsaturated/α-hetero) is 1. The van der Waals surface area contributed by atoms with Crippen molar-refractivity contribution < 1.29 is 23.8 Å². The van der Waals surface area contributed by atoms with Crippen LogP contribution in [0.1, 0.15) is 43.7 Å². The van der Waals surface area contributed by atoms with Gasteiger partial charge in [-0.25, -0.2) is 0 Å². The van der Waals surface area contributed by atoms with Gasteiger partial charge in [0.05, 0.1) is 18.9 Å². The van der Waals surface area contributed by atoms with E-state index in [2.05, 4.69) is 0 Å². The lowest BCUT2D eigenvalue weighted by Crippen LogP contribution is -2.29. The highest BCUT2D eigenvalue weighted by Gasteiger charge is 2.48. The zero-order chi connectivity index (χ0) is 25.5. The minimum absolute atomic E-state index is 0.0216. The number of ether oxygens (including phenoxy) is 1. The summed E-state index contributed by atoms with van der Waals surface area (Å²) in [5, 5.41) is 11.4. The van der Waals surface area contributed by atoms with Crippen molar-refractivity contribution in [2.75, 3.05) is 31.0 Å². The summed E-state index contributed by atoms with van der Waals surface area (Å²) >= 11 is 0. The molecule has 1 fully saturated rings. The van der Waals surface area contributed by atoms with Crippen LogP contribution in [0.15, 0.2) is 70.9 Å². The molecule has 1 aromatic heterocycles. The van der Waals surface area contributed by atoms with Gasteiger partial charge in [-0.3, -0.25) is 14.5 Å². The van der Waals surface area contributed by atoms with Crippen LogP contribution in [-0.2, 0) is 15.0 Å². The van der Waals surface area contributed by atoms with E-state index in [0.717, 1.165) is 11.3 Å². The topological polar surface area (TPSA) is 83.2 Å². The van der Waals surface area contributed by atoms with Crippen molar-refractivity contribution in [3.05, 3.63) is 83.3 Å². The van der Waals surface area contributed by atoms with Gasteiger partial charge in [0, 0.05) is 36.6 Å². The second-order valence-corrected chi connectivity index (χ2v) is 9.76. The number of hydrogen-bond donors (Lipinski definition) is 1. The molecule has 1 unspecified atom stereocenters. The van der Waals surface area contributed by atoms with Crippen LogP contribution < -0.4 is 14.5 Å². The molecule has 2 heterocycles. The molecule has 2 aromatic carbocycles. The molecule has 0 aliphatic carbocycles. The largest absolute Gasteiger partial charge is 0.507 e. The summed E-state index contributed by atoms with van der Waals surface area (Å²) in [7, 11) is 5.43. The van der Waals surface area contributed by atoms with Gasteiger partial charge in [0.2, 0.25) is 0 Å². The minimum atomic E-state index is -0.907. The number of carbonyl (C=O) groups excluding carboxylic acids is 2. The number of anilines is 2. The Morgan fingerprint density at radius 2 is 1.74 bits per heavy atom. The van der Waals surface area contributed by atoms with Crippen LogP contribution in [0.2, 0.25) is 0 Å². The first-order valence-corrected chi connectivity index (χ1v) is 11.3. The molecule has 4 rings (SSSR count). The third-order valence-corrected chi connectivity index (χ3v) is 6.18. The van der Waals surface area contributed by atoms with E-state index >= 15 is 0 Å². The van der Waals surface area contributed by atoms with Crippen LogP contribution in [0.3, 0.4) is 0 Å². The van der Waals surface area contributed by atoms with Crippen molar-refractivity contribution >= 4 is 28.8 Å². The predicted octanol–water partition coefficient (Wildman–Crippen LogP) is 5.28. The Bertz CT molecular complexity index is 1280. The maximum absolute atomic E-state index is 13.3. The molecule has 182 valence electrons. The maximum Gasteiger partial charge on any atom is 0.300 e. The van der Waals surface area contributed by atoms with Gasteiger partial charge in [-0.2, -0.15) is 0 Å². The molecule has 0 saturated carbocycles. The Morgan fingerprint density at radius 1 is 1.06 bits per heavy atom. The van der Waals surface area contributed by atoms with E-state index in [1.165, 1.54) is 11.2 Å². The molecule has 1 aliphatic heterocycles. The smallest absolute Gasteiger partial charge is 0.300 e. The van der Waals surface area contributed by atoms with Crippen molar-refractivity contribution in [3.63, 3.8) is 0 Å². The van der Waals surface area contributed by atoms with Crippen molar-refractivity contribution in [2.24, 2.45) is 0 Å². The number of aliphatic hydroxyl groups is 1. The lowest BCUT2D eigenvalue weighted by molar-refractivity contribution is -0.132. The molecule has 0 bridgehead atoms. The van der Waals surface area contributed by atoms with E-state index in [-0.39, 0.29) is 16.7 Å². The molecule has 1 amide bonds. The fraction of sp³-hybridized carbons (Fsp3) is 0.286. The zero-order valence-electron chi connectivity index (χ0n) is 20.8. The lowest BCUT2D eigenvalue weighted by atomic mass is 9.84. The zero-order valence-corrected chi connectivity index (χ0v) is 20.8. The number of benzene rings is 2. The van der Waals surface area contributed by atoms with Crippen molar-refractivity contribution in [1.82, 2.24) is 0 Å². The number of furan rings is 1. The summed E-state index contributed by atoms with van der Waals surface area (Å²) in [4.78, 5) is 29.9. The van der Waals surface area contributed by atoms with E-state index in [1.54, 1.807) is 49.6 Å². The number of nitrogens with zero attached hydrogens (tertiary/aromatic N) is 2. The lowest BCUT2D eigenvalue weighted by Gasteiger charge is -2.25. The summed E-state index contributed by atoms with van der Waals surface area (Å²) in [6, 6.07) is 15.0. The molecular weight excluding hydrogens is 444 g/mol. The van der Waals surface area contributed by atoms with Crippen molar-refractivity contribution in [2.45, 2.75) is 32.2 Å². The van der Waals surface area contributed by atoms with Crippen LogP contribution in [0.25, 0.3) is 5.76 Å². The number of ketones is 1. The van der Waals surface area contributed by atoms with Crippen LogP contribution >= 0.6 is 0 Å². The third-order valence-electron chi connectivity index (χ3n) is 6.18. The Kier molecular flexibility index (Phi) is 6.19.